The van der Waals surface area contributed by atoms with Gasteiger partial charge in [-0.05, 0) is 49.9 Å². The SMILES string of the molecule is CNC(=O)c1cccc(-c2c(C3CC3)nc(N3CCN(C(=O)CCOC)C(C)C3)c(C#N)c2C)c1. The number of carbonyl (C=O) groups is 2. The average Bonchev–Trinajstić information content (AvgIpc) is 3.71. The number of nitrogens with one attached hydrogen (secondary N) is 1. The molecule has 1 saturated carbocycles. The predicted octanol–water partition coefficient (Wildman–Crippen LogP) is 3.24. The molecule has 8 nitrogen and oxygen atoms in total. The molecule has 1 unspecified atom stereocenters. The first-order valence-corrected chi connectivity index (χ1v) is 12.2. The number of rotatable bonds is 7. The summed E-state index contributed by atoms with van der Waals surface area (Å²) in [6, 6.07) is 9.93. The van der Waals surface area contributed by atoms with E-state index in [1.54, 1.807) is 20.2 Å². The number of hydrogen-bond donors (Lipinski definition) is 1. The summed E-state index contributed by atoms with van der Waals surface area (Å²) in [6.45, 7) is 6.26. The van der Waals surface area contributed by atoms with Crippen LogP contribution in [0.1, 0.15) is 59.3 Å². The van der Waals surface area contributed by atoms with Crippen molar-refractivity contribution in [3.8, 4) is 17.2 Å². The van der Waals surface area contributed by atoms with Gasteiger partial charge in [-0.15, -0.1) is 0 Å². The van der Waals surface area contributed by atoms with E-state index in [0.717, 1.165) is 35.2 Å². The number of pyridine rings is 1. The second-order valence-electron chi connectivity index (χ2n) is 9.37. The van der Waals surface area contributed by atoms with Crippen LogP contribution in [0.3, 0.4) is 0 Å². The number of ether oxygens (including phenoxy) is 1. The van der Waals surface area contributed by atoms with E-state index >= 15 is 0 Å². The maximum absolute atomic E-state index is 12.6. The molecule has 1 N–H and O–H groups in total. The highest BCUT2D eigenvalue weighted by atomic mass is 16.5. The molecule has 0 radical (unpaired) electrons. The van der Waals surface area contributed by atoms with Gasteiger partial charge in [-0.3, -0.25) is 9.59 Å². The molecule has 4 rings (SSSR count). The van der Waals surface area contributed by atoms with Crippen LogP contribution in [0, 0.1) is 18.3 Å². The number of piperazine rings is 1. The molecule has 2 aromatic rings. The third kappa shape index (κ3) is 5.01. The topological polar surface area (TPSA) is 98.6 Å². The zero-order valence-electron chi connectivity index (χ0n) is 20.9. The molecule has 35 heavy (non-hydrogen) atoms. The van der Waals surface area contributed by atoms with Crippen LogP contribution in [0.15, 0.2) is 24.3 Å². The Kier molecular flexibility index (Phi) is 7.37. The Bertz CT molecular complexity index is 1170. The van der Waals surface area contributed by atoms with Crippen LogP contribution in [0.4, 0.5) is 5.82 Å². The number of aromatic nitrogens is 1. The summed E-state index contributed by atoms with van der Waals surface area (Å²) in [5.41, 5.74) is 4.89. The molecule has 1 saturated heterocycles. The Hall–Kier alpha value is -3.44. The van der Waals surface area contributed by atoms with Crippen LogP contribution in [0.25, 0.3) is 11.1 Å². The van der Waals surface area contributed by atoms with E-state index in [1.807, 2.05) is 36.9 Å². The van der Waals surface area contributed by atoms with Crippen LogP contribution in [-0.4, -0.2) is 68.1 Å². The van der Waals surface area contributed by atoms with Gasteiger partial charge >= 0.3 is 0 Å². The van der Waals surface area contributed by atoms with Crippen LogP contribution < -0.4 is 10.2 Å². The lowest BCUT2D eigenvalue weighted by Gasteiger charge is -2.41. The smallest absolute Gasteiger partial charge is 0.251 e. The van der Waals surface area contributed by atoms with Gasteiger partial charge in [0, 0.05) is 56.9 Å². The molecule has 1 aliphatic heterocycles. The summed E-state index contributed by atoms with van der Waals surface area (Å²) in [6.07, 6.45) is 2.51. The molecule has 184 valence electrons. The Morgan fingerprint density at radius 2 is 2.06 bits per heavy atom. The quantitative estimate of drug-likeness (QED) is 0.660. The van der Waals surface area contributed by atoms with Gasteiger partial charge in [-0.25, -0.2) is 4.98 Å². The molecule has 2 amide bonds. The van der Waals surface area contributed by atoms with Crippen molar-refractivity contribution >= 4 is 17.6 Å². The van der Waals surface area contributed by atoms with Gasteiger partial charge in [-0.1, -0.05) is 12.1 Å². The van der Waals surface area contributed by atoms with E-state index in [4.69, 9.17) is 9.72 Å². The van der Waals surface area contributed by atoms with Crippen molar-refractivity contribution in [2.75, 3.05) is 45.3 Å². The summed E-state index contributed by atoms with van der Waals surface area (Å²) in [5.74, 6) is 1.00. The van der Waals surface area contributed by atoms with E-state index in [1.165, 1.54) is 0 Å². The molecule has 1 aliphatic carbocycles. The molecule has 2 fully saturated rings. The van der Waals surface area contributed by atoms with Crippen molar-refractivity contribution < 1.29 is 14.3 Å². The van der Waals surface area contributed by atoms with Gasteiger partial charge in [0.15, 0.2) is 0 Å². The summed E-state index contributed by atoms with van der Waals surface area (Å²) in [5, 5.41) is 12.8. The third-order valence-electron chi connectivity index (χ3n) is 6.94. The maximum atomic E-state index is 12.6. The Balaban J connectivity index is 1.71. The zero-order valence-corrected chi connectivity index (χ0v) is 20.9. The molecule has 2 heterocycles. The maximum Gasteiger partial charge on any atom is 0.251 e. The van der Waals surface area contributed by atoms with Crippen molar-refractivity contribution in [1.29, 1.82) is 5.26 Å². The van der Waals surface area contributed by atoms with Crippen molar-refractivity contribution in [2.45, 2.75) is 45.1 Å². The molecule has 1 aromatic carbocycles. The Morgan fingerprint density at radius 1 is 1.29 bits per heavy atom. The van der Waals surface area contributed by atoms with Gasteiger partial charge in [0.05, 0.1) is 24.3 Å². The fourth-order valence-electron chi connectivity index (χ4n) is 4.90. The van der Waals surface area contributed by atoms with Crippen molar-refractivity contribution in [3.05, 3.63) is 46.6 Å². The lowest BCUT2D eigenvalue weighted by molar-refractivity contribution is -0.134. The van der Waals surface area contributed by atoms with Crippen LogP contribution in [0.5, 0.6) is 0 Å². The Morgan fingerprint density at radius 3 is 2.69 bits per heavy atom. The molecule has 8 heteroatoms. The zero-order chi connectivity index (χ0) is 25.1. The number of benzene rings is 1. The van der Waals surface area contributed by atoms with E-state index in [9.17, 15) is 14.9 Å². The minimum absolute atomic E-state index is 0.00930. The number of anilines is 1. The number of nitriles is 1. The summed E-state index contributed by atoms with van der Waals surface area (Å²) in [4.78, 5) is 33.9. The largest absolute Gasteiger partial charge is 0.384 e. The summed E-state index contributed by atoms with van der Waals surface area (Å²) < 4.78 is 5.06. The normalized spacial score (nSPS) is 17.7. The summed E-state index contributed by atoms with van der Waals surface area (Å²) >= 11 is 0. The first-order valence-electron chi connectivity index (χ1n) is 12.2. The minimum Gasteiger partial charge on any atom is -0.384 e. The van der Waals surface area contributed by atoms with E-state index in [2.05, 4.69) is 16.3 Å². The monoisotopic (exact) mass is 475 g/mol. The molecular weight excluding hydrogens is 442 g/mol. The molecule has 2 aliphatic rings. The fourth-order valence-corrected chi connectivity index (χ4v) is 4.90. The van der Waals surface area contributed by atoms with E-state index < -0.39 is 0 Å². The molecule has 1 aromatic heterocycles. The predicted molar refractivity (Wildman–Crippen MR) is 134 cm³/mol. The van der Waals surface area contributed by atoms with E-state index in [0.29, 0.717) is 55.5 Å². The lowest BCUT2D eigenvalue weighted by Crippen LogP contribution is -2.54. The molecule has 1 atom stereocenters. The average molecular weight is 476 g/mol. The minimum atomic E-state index is -0.144. The molecule has 0 spiro atoms. The van der Waals surface area contributed by atoms with E-state index in [-0.39, 0.29) is 17.9 Å². The van der Waals surface area contributed by atoms with Gasteiger partial charge in [0.2, 0.25) is 5.91 Å². The highest BCUT2D eigenvalue weighted by molar-refractivity contribution is 5.95. The number of nitrogens with zero attached hydrogens (tertiary/aromatic N) is 4. The number of hydrogen-bond acceptors (Lipinski definition) is 6. The lowest BCUT2D eigenvalue weighted by atomic mass is 9.92. The number of amides is 2. The fraction of sp³-hybridized carbons (Fsp3) is 0.481. The summed E-state index contributed by atoms with van der Waals surface area (Å²) in [7, 11) is 3.22. The van der Waals surface area contributed by atoms with Crippen molar-refractivity contribution in [2.24, 2.45) is 0 Å². The standard InChI is InChI=1S/C27H33N5O3/c1-17-16-31(11-12-32(17)23(33)10-13-35-4)26-22(15-28)18(2)24(25(30-26)19-8-9-19)20-6-5-7-21(14-20)27(34)29-3/h5-7,14,17,19H,8-13,16H2,1-4H3,(H,29,34). The van der Waals surface area contributed by atoms with Gasteiger partial charge in [-0.2, -0.15) is 5.26 Å². The number of methoxy groups -OCH3 is 1. The van der Waals surface area contributed by atoms with Crippen LogP contribution in [-0.2, 0) is 9.53 Å². The second-order valence-corrected chi connectivity index (χ2v) is 9.37. The van der Waals surface area contributed by atoms with Crippen molar-refractivity contribution in [3.63, 3.8) is 0 Å². The third-order valence-corrected chi connectivity index (χ3v) is 6.94. The number of carbonyl (C=O) groups excluding carboxylic acids is 2. The highest BCUT2D eigenvalue weighted by Gasteiger charge is 2.34. The van der Waals surface area contributed by atoms with Gasteiger partial charge in [0.25, 0.3) is 5.91 Å². The van der Waals surface area contributed by atoms with Crippen LogP contribution in [0.2, 0.25) is 0 Å². The van der Waals surface area contributed by atoms with Crippen molar-refractivity contribution in [1.82, 2.24) is 15.2 Å². The first kappa shape index (κ1) is 24.7. The second kappa shape index (κ2) is 10.4. The van der Waals surface area contributed by atoms with Crippen LogP contribution >= 0.6 is 0 Å². The van der Waals surface area contributed by atoms with Gasteiger partial charge < -0.3 is 19.9 Å². The first-order chi connectivity index (χ1) is 16.9. The highest BCUT2D eigenvalue weighted by Crippen LogP contribution is 2.46. The Labute approximate surface area is 206 Å². The van der Waals surface area contributed by atoms with Gasteiger partial charge in [0.1, 0.15) is 11.9 Å². The molecule has 0 bridgehead atoms. The molecular formula is C27H33N5O3.